The van der Waals surface area contributed by atoms with Crippen LogP contribution in [0.5, 0.6) is 0 Å². The smallest absolute Gasteiger partial charge is 0.0882 e. The molecule has 3 heterocycles. The molecule has 0 aliphatic carbocycles. The lowest BCUT2D eigenvalue weighted by Gasteiger charge is -2.19. The molecule has 3 rings (SSSR count). The number of aliphatic hydroxyl groups excluding tert-OH is 1. The standard InChI is InChI=1S/C15H20N4O/c1-12-4-2-5-13(16-12)9-18-6-3-7-19-15(10-18)8-14(11-20)17-19/h2,4-5,8,20H,3,6-7,9-11H2,1H3. The minimum atomic E-state index is 0.0133. The zero-order valence-corrected chi connectivity index (χ0v) is 11.8. The Morgan fingerprint density at radius 2 is 2.15 bits per heavy atom. The third kappa shape index (κ3) is 2.89. The lowest BCUT2D eigenvalue weighted by molar-refractivity contribution is 0.257. The highest BCUT2D eigenvalue weighted by Crippen LogP contribution is 2.15. The third-order valence-corrected chi connectivity index (χ3v) is 3.64. The van der Waals surface area contributed by atoms with Crippen molar-refractivity contribution in [1.82, 2.24) is 19.7 Å². The van der Waals surface area contributed by atoms with Crippen LogP contribution in [0.1, 0.15) is 29.2 Å². The molecular formula is C15H20N4O. The molecule has 0 spiro atoms. The van der Waals surface area contributed by atoms with Crippen molar-refractivity contribution in [3.63, 3.8) is 0 Å². The number of fused-ring (bicyclic) bond motifs is 1. The van der Waals surface area contributed by atoms with Crippen molar-refractivity contribution >= 4 is 0 Å². The number of hydrogen-bond donors (Lipinski definition) is 1. The number of aryl methyl sites for hydroxylation is 2. The van der Waals surface area contributed by atoms with Crippen LogP contribution in [-0.2, 0) is 26.2 Å². The Hall–Kier alpha value is -1.72. The minimum Gasteiger partial charge on any atom is -0.390 e. The first kappa shape index (κ1) is 13.3. The molecule has 106 valence electrons. The molecule has 0 radical (unpaired) electrons. The number of aromatic nitrogens is 3. The largest absolute Gasteiger partial charge is 0.390 e. The van der Waals surface area contributed by atoms with Crippen LogP contribution in [0.2, 0.25) is 0 Å². The van der Waals surface area contributed by atoms with Crippen molar-refractivity contribution in [2.45, 2.75) is 39.6 Å². The van der Waals surface area contributed by atoms with E-state index in [-0.39, 0.29) is 6.61 Å². The van der Waals surface area contributed by atoms with Gasteiger partial charge < -0.3 is 5.11 Å². The lowest BCUT2D eigenvalue weighted by Crippen LogP contribution is -2.23. The number of hydrogen-bond acceptors (Lipinski definition) is 4. The summed E-state index contributed by atoms with van der Waals surface area (Å²) in [4.78, 5) is 6.96. The Labute approximate surface area is 118 Å². The van der Waals surface area contributed by atoms with Gasteiger partial charge in [0, 0.05) is 31.9 Å². The van der Waals surface area contributed by atoms with E-state index >= 15 is 0 Å². The maximum absolute atomic E-state index is 9.19. The van der Waals surface area contributed by atoms with Gasteiger partial charge in [0.1, 0.15) is 0 Å². The van der Waals surface area contributed by atoms with Crippen molar-refractivity contribution in [3.8, 4) is 0 Å². The molecule has 0 saturated heterocycles. The summed E-state index contributed by atoms with van der Waals surface area (Å²) < 4.78 is 2.02. The van der Waals surface area contributed by atoms with Crippen LogP contribution in [0.3, 0.4) is 0 Å². The maximum Gasteiger partial charge on any atom is 0.0882 e. The van der Waals surface area contributed by atoms with Gasteiger partial charge in [0.05, 0.1) is 23.7 Å². The van der Waals surface area contributed by atoms with Crippen molar-refractivity contribution < 1.29 is 5.11 Å². The van der Waals surface area contributed by atoms with Crippen LogP contribution in [-0.4, -0.2) is 31.3 Å². The van der Waals surface area contributed by atoms with E-state index in [0.717, 1.165) is 49.7 Å². The summed E-state index contributed by atoms with van der Waals surface area (Å²) in [6.07, 6.45) is 1.07. The van der Waals surface area contributed by atoms with E-state index in [2.05, 4.69) is 27.1 Å². The number of aliphatic hydroxyl groups is 1. The average Bonchev–Trinajstić information content (AvgIpc) is 2.72. The molecular weight excluding hydrogens is 252 g/mol. The van der Waals surface area contributed by atoms with Gasteiger partial charge in [0.2, 0.25) is 0 Å². The quantitative estimate of drug-likeness (QED) is 0.919. The van der Waals surface area contributed by atoms with Gasteiger partial charge in [-0.2, -0.15) is 5.10 Å². The van der Waals surface area contributed by atoms with Crippen molar-refractivity contribution in [1.29, 1.82) is 0 Å². The van der Waals surface area contributed by atoms with Crippen molar-refractivity contribution in [2.75, 3.05) is 6.54 Å². The fraction of sp³-hybridized carbons (Fsp3) is 0.467. The van der Waals surface area contributed by atoms with Gasteiger partial charge in [-0.1, -0.05) is 6.07 Å². The van der Waals surface area contributed by atoms with E-state index in [1.807, 2.05) is 23.7 Å². The molecule has 1 aliphatic rings. The van der Waals surface area contributed by atoms with Gasteiger partial charge >= 0.3 is 0 Å². The molecule has 1 N–H and O–H groups in total. The van der Waals surface area contributed by atoms with Crippen molar-refractivity contribution in [3.05, 3.63) is 47.0 Å². The maximum atomic E-state index is 9.19. The van der Waals surface area contributed by atoms with Gasteiger partial charge in [0.25, 0.3) is 0 Å². The zero-order chi connectivity index (χ0) is 13.9. The number of pyridine rings is 1. The topological polar surface area (TPSA) is 54.2 Å². The molecule has 20 heavy (non-hydrogen) atoms. The predicted octanol–water partition coefficient (Wildman–Crippen LogP) is 1.48. The lowest BCUT2D eigenvalue weighted by atomic mass is 10.2. The van der Waals surface area contributed by atoms with Gasteiger partial charge in [0.15, 0.2) is 0 Å². The van der Waals surface area contributed by atoms with Crippen LogP contribution in [0.4, 0.5) is 0 Å². The predicted molar refractivity (Wildman–Crippen MR) is 75.9 cm³/mol. The molecule has 5 nitrogen and oxygen atoms in total. The average molecular weight is 272 g/mol. The molecule has 5 heteroatoms. The van der Waals surface area contributed by atoms with Crippen LogP contribution >= 0.6 is 0 Å². The normalized spacial score (nSPS) is 15.9. The highest BCUT2D eigenvalue weighted by atomic mass is 16.3. The summed E-state index contributed by atoms with van der Waals surface area (Å²) in [5.74, 6) is 0. The van der Waals surface area contributed by atoms with Gasteiger partial charge in [-0.15, -0.1) is 0 Å². The summed E-state index contributed by atoms with van der Waals surface area (Å²) in [5, 5.41) is 13.6. The summed E-state index contributed by atoms with van der Waals surface area (Å²) in [6.45, 7) is 5.73. The monoisotopic (exact) mass is 272 g/mol. The van der Waals surface area contributed by atoms with E-state index in [9.17, 15) is 5.11 Å². The molecule has 0 bridgehead atoms. The van der Waals surface area contributed by atoms with Gasteiger partial charge in [-0.25, -0.2) is 0 Å². The van der Waals surface area contributed by atoms with Crippen LogP contribution in [0.25, 0.3) is 0 Å². The molecule has 0 saturated carbocycles. The van der Waals surface area contributed by atoms with Crippen LogP contribution in [0.15, 0.2) is 24.3 Å². The highest BCUT2D eigenvalue weighted by Gasteiger charge is 2.16. The Balaban J connectivity index is 1.75. The fourth-order valence-electron chi connectivity index (χ4n) is 2.72. The summed E-state index contributed by atoms with van der Waals surface area (Å²) in [6, 6.07) is 8.16. The Kier molecular flexibility index (Phi) is 3.80. The zero-order valence-electron chi connectivity index (χ0n) is 11.8. The highest BCUT2D eigenvalue weighted by molar-refractivity contribution is 5.12. The summed E-state index contributed by atoms with van der Waals surface area (Å²) in [7, 11) is 0. The first-order valence-electron chi connectivity index (χ1n) is 7.06. The molecule has 2 aromatic rings. The van der Waals surface area contributed by atoms with E-state index in [1.54, 1.807) is 0 Å². The van der Waals surface area contributed by atoms with Crippen molar-refractivity contribution in [2.24, 2.45) is 0 Å². The molecule has 0 atom stereocenters. The summed E-state index contributed by atoms with van der Waals surface area (Å²) in [5.41, 5.74) is 4.11. The first-order chi connectivity index (χ1) is 9.74. The number of rotatable bonds is 3. The molecule has 2 aromatic heterocycles. The molecule has 0 fully saturated rings. The Morgan fingerprint density at radius 1 is 1.25 bits per heavy atom. The number of nitrogens with zero attached hydrogens (tertiary/aromatic N) is 4. The molecule has 0 amide bonds. The SMILES string of the molecule is Cc1cccc(CN2CCCn3nc(CO)cc3C2)n1. The van der Waals surface area contributed by atoms with E-state index in [4.69, 9.17) is 0 Å². The Morgan fingerprint density at radius 3 is 2.95 bits per heavy atom. The minimum absolute atomic E-state index is 0.0133. The van der Waals surface area contributed by atoms with Crippen LogP contribution < -0.4 is 0 Å². The Bertz CT molecular complexity index is 593. The van der Waals surface area contributed by atoms with Gasteiger partial charge in [-0.05, 0) is 31.5 Å². The van der Waals surface area contributed by atoms with Crippen LogP contribution in [0, 0.1) is 6.92 Å². The van der Waals surface area contributed by atoms with E-state index in [1.165, 1.54) is 5.69 Å². The van der Waals surface area contributed by atoms with E-state index in [0.29, 0.717) is 0 Å². The third-order valence-electron chi connectivity index (χ3n) is 3.64. The summed E-state index contributed by atoms with van der Waals surface area (Å²) >= 11 is 0. The molecule has 1 aliphatic heterocycles. The van der Waals surface area contributed by atoms with E-state index < -0.39 is 0 Å². The fourth-order valence-corrected chi connectivity index (χ4v) is 2.72. The second kappa shape index (κ2) is 5.73. The molecule has 0 unspecified atom stereocenters. The molecule has 0 aromatic carbocycles. The van der Waals surface area contributed by atoms with Gasteiger partial charge in [-0.3, -0.25) is 14.6 Å². The first-order valence-corrected chi connectivity index (χ1v) is 7.06. The second-order valence-electron chi connectivity index (χ2n) is 5.34. The second-order valence-corrected chi connectivity index (χ2v) is 5.34.